The summed E-state index contributed by atoms with van der Waals surface area (Å²) in [6.07, 6.45) is 1.08. The molecule has 1 saturated heterocycles. The Kier molecular flexibility index (Phi) is 1.89. The Hall–Kier alpha value is -1.06. The SMILES string of the molecule is CN1CC(NC=O)CC1=O. The van der Waals surface area contributed by atoms with Crippen molar-refractivity contribution in [2.75, 3.05) is 13.6 Å². The highest BCUT2D eigenvalue weighted by Gasteiger charge is 2.25. The molecular formula is C6H10N2O2. The molecule has 0 saturated carbocycles. The Morgan fingerprint density at radius 1 is 1.80 bits per heavy atom. The molecule has 0 aromatic heterocycles. The molecule has 2 amide bonds. The molecular weight excluding hydrogens is 132 g/mol. The summed E-state index contributed by atoms with van der Waals surface area (Å²) in [6, 6.07) is 0.0231. The molecule has 1 aliphatic rings. The van der Waals surface area contributed by atoms with Crippen molar-refractivity contribution in [1.29, 1.82) is 0 Å². The predicted molar refractivity (Wildman–Crippen MR) is 35.2 cm³/mol. The third-order valence-electron chi connectivity index (χ3n) is 1.64. The second-order valence-corrected chi connectivity index (χ2v) is 2.46. The maximum absolute atomic E-state index is 10.8. The van der Waals surface area contributed by atoms with Crippen molar-refractivity contribution in [2.24, 2.45) is 0 Å². The fraction of sp³-hybridized carbons (Fsp3) is 0.667. The van der Waals surface area contributed by atoms with Gasteiger partial charge in [-0.05, 0) is 0 Å². The summed E-state index contributed by atoms with van der Waals surface area (Å²) in [5.74, 6) is 0.0966. The molecule has 0 aliphatic carbocycles. The first kappa shape index (κ1) is 7.05. The van der Waals surface area contributed by atoms with Crippen LogP contribution in [0.4, 0.5) is 0 Å². The molecule has 0 radical (unpaired) electrons. The molecule has 0 aromatic rings. The number of likely N-dealkylation sites (N-methyl/N-ethyl adjacent to an activating group) is 1. The molecule has 4 heteroatoms. The molecule has 1 heterocycles. The highest BCUT2D eigenvalue weighted by molar-refractivity contribution is 5.79. The fourth-order valence-electron chi connectivity index (χ4n) is 1.07. The van der Waals surface area contributed by atoms with E-state index < -0.39 is 0 Å². The van der Waals surface area contributed by atoms with Crippen LogP contribution in [0.3, 0.4) is 0 Å². The summed E-state index contributed by atoms with van der Waals surface area (Å²) in [7, 11) is 1.73. The number of likely N-dealkylation sites (tertiary alicyclic amines) is 1. The summed E-state index contributed by atoms with van der Waals surface area (Å²) in [4.78, 5) is 22.4. The van der Waals surface area contributed by atoms with E-state index in [1.54, 1.807) is 11.9 Å². The molecule has 1 fully saturated rings. The summed E-state index contributed by atoms with van der Waals surface area (Å²) in [5.41, 5.74) is 0. The van der Waals surface area contributed by atoms with Crippen molar-refractivity contribution in [3.63, 3.8) is 0 Å². The highest BCUT2D eigenvalue weighted by atomic mass is 16.2. The van der Waals surface area contributed by atoms with Gasteiger partial charge in [-0.1, -0.05) is 0 Å². The smallest absolute Gasteiger partial charge is 0.224 e. The third kappa shape index (κ3) is 1.26. The Morgan fingerprint density at radius 2 is 2.50 bits per heavy atom. The number of nitrogens with one attached hydrogen (secondary N) is 1. The monoisotopic (exact) mass is 142 g/mol. The van der Waals surface area contributed by atoms with Gasteiger partial charge in [-0.25, -0.2) is 0 Å². The van der Waals surface area contributed by atoms with Gasteiger partial charge in [0.15, 0.2) is 0 Å². The molecule has 1 rings (SSSR count). The van der Waals surface area contributed by atoms with Crippen molar-refractivity contribution < 1.29 is 9.59 Å². The summed E-state index contributed by atoms with van der Waals surface area (Å²) >= 11 is 0. The van der Waals surface area contributed by atoms with Gasteiger partial charge in [0.2, 0.25) is 12.3 Å². The van der Waals surface area contributed by atoms with E-state index in [1.165, 1.54) is 0 Å². The second kappa shape index (κ2) is 2.68. The minimum absolute atomic E-state index is 0.0231. The van der Waals surface area contributed by atoms with Crippen molar-refractivity contribution in [2.45, 2.75) is 12.5 Å². The largest absolute Gasteiger partial charge is 0.354 e. The van der Waals surface area contributed by atoms with Crippen LogP contribution < -0.4 is 5.32 Å². The molecule has 0 aromatic carbocycles. The van der Waals surface area contributed by atoms with Crippen molar-refractivity contribution in [3.05, 3.63) is 0 Å². The lowest BCUT2D eigenvalue weighted by Crippen LogP contribution is -2.30. The number of carbonyl (C=O) groups is 2. The summed E-state index contributed by atoms with van der Waals surface area (Å²) < 4.78 is 0. The third-order valence-corrected chi connectivity index (χ3v) is 1.64. The first-order valence-electron chi connectivity index (χ1n) is 3.17. The van der Waals surface area contributed by atoms with Crippen LogP contribution in [0, 0.1) is 0 Å². The molecule has 0 spiro atoms. The van der Waals surface area contributed by atoms with Gasteiger partial charge in [0.05, 0.1) is 6.04 Å². The fourth-order valence-corrected chi connectivity index (χ4v) is 1.07. The minimum Gasteiger partial charge on any atom is -0.354 e. The van der Waals surface area contributed by atoms with Crippen LogP contribution in [0.2, 0.25) is 0 Å². The van der Waals surface area contributed by atoms with Crippen molar-refractivity contribution in [3.8, 4) is 0 Å². The Balaban J connectivity index is 2.41. The second-order valence-electron chi connectivity index (χ2n) is 2.46. The standard InChI is InChI=1S/C6H10N2O2/c1-8-3-5(7-4-9)2-6(8)10/h4-5H,2-3H2,1H3,(H,7,9). The lowest BCUT2D eigenvalue weighted by atomic mass is 10.3. The van der Waals surface area contributed by atoms with Crippen LogP contribution in [0.5, 0.6) is 0 Å². The molecule has 1 unspecified atom stereocenters. The van der Waals surface area contributed by atoms with Crippen LogP contribution in [0.1, 0.15) is 6.42 Å². The zero-order valence-electron chi connectivity index (χ0n) is 5.83. The van der Waals surface area contributed by atoms with Gasteiger partial charge in [0.25, 0.3) is 0 Å². The van der Waals surface area contributed by atoms with Gasteiger partial charge >= 0.3 is 0 Å². The van der Waals surface area contributed by atoms with Gasteiger partial charge in [0, 0.05) is 20.0 Å². The van der Waals surface area contributed by atoms with Crippen LogP contribution in [0.25, 0.3) is 0 Å². The molecule has 1 N–H and O–H groups in total. The van der Waals surface area contributed by atoms with E-state index >= 15 is 0 Å². The average Bonchev–Trinajstić information content (AvgIpc) is 2.14. The Morgan fingerprint density at radius 3 is 2.90 bits per heavy atom. The number of amides is 2. The van der Waals surface area contributed by atoms with Gasteiger partial charge in [0.1, 0.15) is 0 Å². The Labute approximate surface area is 59.2 Å². The molecule has 56 valence electrons. The van der Waals surface area contributed by atoms with E-state index in [2.05, 4.69) is 5.32 Å². The zero-order valence-corrected chi connectivity index (χ0v) is 5.83. The van der Waals surface area contributed by atoms with Gasteiger partial charge in [-0.3, -0.25) is 9.59 Å². The average molecular weight is 142 g/mol. The summed E-state index contributed by atoms with van der Waals surface area (Å²) in [6.45, 7) is 0.636. The van der Waals surface area contributed by atoms with E-state index in [-0.39, 0.29) is 11.9 Å². The number of nitrogens with zero attached hydrogens (tertiary/aromatic N) is 1. The molecule has 0 bridgehead atoms. The van der Waals surface area contributed by atoms with Crippen LogP contribution in [0.15, 0.2) is 0 Å². The quantitative estimate of drug-likeness (QED) is 0.501. The molecule has 1 atom stereocenters. The van der Waals surface area contributed by atoms with E-state index in [0.717, 1.165) is 0 Å². The first-order chi connectivity index (χ1) is 4.74. The maximum atomic E-state index is 10.8. The number of rotatable bonds is 2. The minimum atomic E-state index is 0.0231. The molecule has 10 heavy (non-hydrogen) atoms. The van der Waals surface area contributed by atoms with Crippen molar-refractivity contribution in [1.82, 2.24) is 10.2 Å². The predicted octanol–water partition coefficient (Wildman–Crippen LogP) is -1.04. The van der Waals surface area contributed by atoms with E-state index in [4.69, 9.17) is 0 Å². The topological polar surface area (TPSA) is 49.4 Å². The van der Waals surface area contributed by atoms with Gasteiger partial charge in [-0.15, -0.1) is 0 Å². The van der Waals surface area contributed by atoms with Crippen molar-refractivity contribution >= 4 is 12.3 Å². The zero-order chi connectivity index (χ0) is 7.56. The van der Waals surface area contributed by atoms with Crippen LogP contribution in [-0.2, 0) is 9.59 Å². The maximum Gasteiger partial charge on any atom is 0.224 e. The molecule has 1 aliphatic heterocycles. The van der Waals surface area contributed by atoms with Gasteiger partial charge < -0.3 is 10.2 Å². The van der Waals surface area contributed by atoms with E-state index in [9.17, 15) is 9.59 Å². The number of hydrogen-bond donors (Lipinski definition) is 1. The summed E-state index contributed by atoms with van der Waals surface area (Å²) in [5, 5.41) is 2.56. The van der Waals surface area contributed by atoms with E-state index in [1.807, 2.05) is 0 Å². The molecule has 4 nitrogen and oxygen atoms in total. The van der Waals surface area contributed by atoms with E-state index in [0.29, 0.717) is 19.4 Å². The van der Waals surface area contributed by atoms with Crippen LogP contribution in [-0.4, -0.2) is 36.9 Å². The number of hydrogen-bond acceptors (Lipinski definition) is 2. The normalized spacial score (nSPS) is 25.1. The Bertz CT molecular complexity index is 158. The first-order valence-corrected chi connectivity index (χ1v) is 3.17. The lowest BCUT2D eigenvalue weighted by molar-refractivity contribution is -0.126. The van der Waals surface area contributed by atoms with Crippen LogP contribution >= 0.6 is 0 Å². The van der Waals surface area contributed by atoms with Gasteiger partial charge in [-0.2, -0.15) is 0 Å². The highest BCUT2D eigenvalue weighted by Crippen LogP contribution is 2.06. The number of carbonyl (C=O) groups excluding carboxylic acids is 2. The lowest BCUT2D eigenvalue weighted by Gasteiger charge is -2.07.